The molecule has 2 saturated carbocycles. The van der Waals surface area contributed by atoms with Gasteiger partial charge in [0.25, 0.3) is 0 Å². The van der Waals surface area contributed by atoms with Crippen LogP contribution in [0.2, 0.25) is 0 Å². The molecule has 0 saturated heterocycles. The lowest BCUT2D eigenvalue weighted by Crippen LogP contribution is -2.44. The lowest BCUT2D eigenvalue weighted by molar-refractivity contribution is 0.0963. The molecule has 0 aromatic carbocycles. The normalized spacial score (nSPS) is 36.4. The van der Waals surface area contributed by atoms with Gasteiger partial charge in [0.05, 0.1) is 0 Å². The summed E-state index contributed by atoms with van der Waals surface area (Å²) in [6, 6.07) is 0. The standard InChI is InChI=1S/C24H34.C4H8.C2H6/c1-6-17(3)20-9-10-21-19-8-7-18-15-16(2)11-13-23(18,4)22(19)12-14-24(20,21)5;1-4(2)3;1-2/h12,15,19-21H,2-3,6-11,13-14H2,1,4-5H3;1H2,2-3H3;1-2H3/t19?,20-,21?,23+,24-;;/m1../s1. The molecular weight excluding hydrogens is 360 g/mol. The number of allylic oxidation sites excluding steroid dienone is 7. The molecule has 0 heteroatoms. The summed E-state index contributed by atoms with van der Waals surface area (Å²) < 4.78 is 0. The van der Waals surface area contributed by atoms with Crippen molar-refractivity contribution in [2.45, 2.75) is 99.8 Å². The van der Waals surface area contributed by atoms with E-state index < -0.39 is 0 Å². The maximum Gasteiger partial charge on any atom is 0.0101 e. The Hall–Kier alpha value is -1.30. The van der Waals surface area contributed by atoms with Gasteiger partial charge in [-0.3, -0.25) is 0 Å². The molecular formula is C30H48. The van der Waals surface area contributed by atoms with E-state index in [2.05, 4.69) is 52.7 Å². The van der Waals surface area contributed by atoms with Crippen LogP contribution in [0.5, 0.6) is 0 Å². The van der Waals surface area contributed by atoms with Crippen molar-refractivity contribution in [3.05, 3.63) is 59.8 Å². The van der Waals surface area contributed by atoms with E-state index in [4.69, 9.17) is 0 Å². The molecule has 0 aromatic rings. The van der Waals surface area contributed by atoms with Gasteiger partial charge in [-0.2, -0.15) is 0 Å². The molecule has 30 heavy (non-hydrogen) atoms. The molecule has 168 valence electrons. The number of rotatable bonds is 2. The van der Waals surface area contributed by atoms with Crippen LogP contribution in [0.3, 0.4) is 0 Å². The zero-order valence-corrected chi connectivity index (χ0v) is 21.2. The fourth-order valence-electron chi connectivity index (χ4n) is 6.86. The van der Waals surface area contributed by atoms with Crippen molar-refractivity contribution in [2.24, 2.45) is 28.6 Å². The Balaban J connectivity index is 0.000000481. The highest BCUT2D eigenvalue weighted by molar-refractivity contribution is 5.43. The van der Waals surface area contributed by atoms with Gasteiger partial charge in [-0.1, -0.05) is 87.8 Å². The van der Waals surface area contributed by atoms with Crippen LogP contribution in [0, 0.1) is 28.6 Å². The first-order chi connectivity index (χ1) is 14.1. The molecule has 0 aromatic heterocycles. The van der Waals surface area contributed by atoms with E-state index >= 15 is 0 Å². The van der Waals surface area contributed by atoms with Gasteiger partial charge in [0.1, 0.15) is 0 Å². The summed E-state index contributed by atoms with van der Waals surface area (Å²) in [5.74, 6) is 2.46. The van der Waals surface area contributed by atoms with E-state index in [1.165, 1.54) is 61.7 Å². The topological polar surface area (TPSA) is 0 Å². The highest BCUT2D eigenvalue weighted by Crippen LogP contribution is 2.65. The van der Waals surface area contributed by atoms with Gasteiger partial charge >= 0.3 is 0 Å². The first-order valence-electron chi connectivity index (χ1n) is 12.5. The largest absolute Gasteiger partial charge is 0.100 e. The summed E-state index contributed by atoms with van der Waals surface area (Å²) in [6.07, 6.45) is 15.5. The van der Waals surface area contributed by atoms with Crippen molar-refractivity contribution in [1.29, 1.82) is 0 Å². The van der Waals surface area contributed by atoms with Crippen LogP contribution >= 0.6 is 0 Å². The van der Waals surface area contributed by atoms with E-state index in [0.29, 0.717) is 10.8 Å². The summed E-state index contributed by atoms with van der Waals surface area (Å²) in [6.45, 7) is 27.6. The number of fused-ring (bicyclic) bond motifs is 5. The van der Waals surface area contributed by atoms with Crippen LogP contribution in [0.25, 0.3) is 0 Å². The maximum atomic E-state index is 4.44. The molecule has 4 rings (SSSR count). The maximum absolute atomic E-state index is 4.44. The molecule has 0 aliphatic heterocycles. The Morgan fingerprint density at radius 2 is 1.70 bits per heavy atom. The van der Waals surface area contributed by atoms with E-state index in [9.17, 15) is 0 Å². The monoisotopic (exact) mass is 408 g/mol. The van der Waals surface area contributed by atoms with Crippen molar-refractivity contribution >= 4 is 0 Å². The van der Waals surface area contributed by atoms with Crippen LogP contribution < -0.4 is 0 Å². The average Bonchev–Trinajstić information content (AvgIpc) is 3.06. The van der Waals surface area contributed by atoms with Crippen LogP contribution in [0.1, 0.15) is 99.8 Å². The van der Waals surface area contributed by atoms with Crippen molar-refractivity contribution < 1.29 is 0 Å². The van der Waals surface area contributed by atoms with Gasteiger partial charge in [-0.25, -0.2) is 0 Å². The average molecular weight is 409 g/mol. The zero-order chi connectivity index (χ0) is 22.7. The van der Waals surface area contributed by atoms with Gasteiger partial charge < -0.3 is 0 Å². The molecule has 2 fully saturated rings. The van der Waals surface area contributed by atoms with E-state index in [0.717, 1.165) is 24.2 Å². The number of hydrogen-bond acceptors (Lipinski definition) is 0. The molecule has 0 spiro atoms. The Morgan fingerprint density at radius 1 is 1.07 bits per heavy atom. The van der Waals surface area contributed by atoms with E-state index in [1.807, 2.05) is 27.7 Å². The van der Waals surface area contributed by atoms with Crippen molar-refractivity contribution in [3.63, 3.8) is 0 Å². The minimum Gasteiger partial charge on any atom is -0.100 e. The van der Waals surface area contributed by atoms with Crippen LogP contribution in [-0.2, 0) is 0 Å². The fourth-order valence-corrected chi connectivity index (χ4v) is 6.86. The van der Waals surface area contributed by atoms with Crippen molar-refractivity contribution in [1.82, 2.24) is 0 Å². The molecule has 0 bridgehead atoms. The number of hydrogen-bond donors (Lipinski definition) is 0. The third-order valence-electron chi connectivity index (χ3n) is 8.40. The summed E-state index contributed by atoms with van der Waals surface area (Å²) in [5, 5.41) is 0. The zero-order valence-electron chi connectivity index (χ0n) is 21.2. The molecule has 5 atom stereocenters. The van der Waals surface area contributed by atoms with Crippen molar-refractivity contribution in [2.75, 3.05) is 0 Å². The molecule has 0 amide bonds. The van der Waals surface area contributed by atoms with Crippen LogP contribution in [-0.4, -0.2) is 0 Å². The van der Waals surface area contributed by atoms with Crippen LogP contribution in [0.4, 0.5) is 0 Å². The molecule has 0 nitrogen and oxygen atoms in total. The molecule has 2 unspecified atom stereocenters. The third-order valence-corrected chi connectivity index (χ3v) is 8.40. The van der Waals surface area contributed by atoms with E-state index in [1.54, 1.807) is 11.1 Å². The fraction of sp³-hybridized carbons (Fsp3) is 0.667. The third kappa shape index (κ3) is 4.49. The lowest BCUT2D eigenvalue weighted by Gasteiger charge is -2.54. The first-order valence-corrected chi connectivity index (χ1v) is 12.5. The van der Waals surface area contributed by atoms with E-state index in [-0.39, 0.29) is 0 Å². The Morgan fingerprint density at radius 3 is 2.30 bits per heavy atom. The summed E-state index contributed by atoms with van der Waals surface area (Å²) >= 11 is 0. The lowest BCUT2D eigenvalue weighted by atomic mass is 9.51. The summed E-state index contributed by atoms with van der Waals surface area (Å²) in [5.41, 5.74) is 8.31. The minimum absolute atomic E-state index is 0.339. The quantitative estimate of drug-likeness (QED) is 0.399. The van der Waals surface area contributed by atoms with Gasteiger partial charge in [0.2, 0.25) is 0 Å². The Kier molecular flexibility index (Phi) is 8.22. The molecule has 4 aliphatic carbocycles. The highest BCUT2D eigenvalue weighted by Gasteiger charge is 2.55. The van der Waals surface area contributed by atoms with Gasteiger partial charge in [-0.05, 0) is 88.4 Å². The molecule has 0 heterocycles. The smallest absolute Gasteiger partial charge is 0.0101 e. The summed E-state index contributed by atoms with van der Waals surface area (Å²) in [4.78, 5) is 0. The first kappa shape index (κ1) is 25.0. The Labute approximate surface area is 188 Å². The molecule has 4 aliphatic rings. The second-order valence-corrected chi connectivity index (χ2v) is 10.6. The second-order valence-electron chi connectivity index (χ2n) is 10.6. The van der Waals surface area contributed by atoms with Crippen molar-refractivity contribution in [3.8, 4) is 0 Å². The van der Waals surface area contributed by atoms with Gasteiger partial charge in [-0.15, -0.1) is 6.58 Å². The predicted molar refractivity (Wildman–Crippen MR) is 136 cm³/mol. The SMILES string of the molecule is C=C(C)C.C=C1C=C2CCC3C(=CC[C@@]4(C)C3CC[C@@H]4C(=C)CC)[C@@]2(C)CC1.CC. The minimum atomic E-state index is 0.339. The summed E-state index contributed by atoms with van der Waals surface area (Å²) in [7, 11) is 0. The molecule has 0 N–H and O–H groups in total. The molecule has 0 radical (unpaired) electrons. The highest BCUT2D eigenvalue weighted by atomic mass is 14.6. The predicted octanol–water partition coefficient (Wildman–Crippen LogP) is 9.62. The van der Waals surface area contributed by atoms with Gasteiger partial charge in [0.15, 0.2) is 0 Å². The van der Waals surface area contributed by atoms with Gasteiger partial charge in [0, 0.05) is 5.41 Å². The van der Waals surface area contributed by atoms with Crippen LogP contribution in [0.15, 0.2) is 59.8 Å². The Bertz CT molecular complexity index is 725. The second kappa shape index (κ2) is 9.88.